The lowest BCUT2D eigenvalue weighted by Gasteiger charge is -2.11. The van der Waals surface area contributed by atoms with Gasteiger partial charge in [-0.2, -0.15) is 0 Å². The Balaban J connectivity index is 1.92. The zero-order valence-corrected chi connectivity index (χ0v) is 14.1. The minimum atomic E-state index is -0.116. The predicted molar refractivity (Wildman–Crippen MR) is 83.8 cm³/mol. The summed E-state index contributed by atoms with van der Waals surface area (Å²) in [5.74, 6) is 1.01. The molecule has 2 aromatic rings. The van der Waals surface area contributed by atoms with E-state index in [1.165, 1.54) is 23.1 Å². The van der Waals surface area contributed by atoms with Crippen LogP contribution in [0.15, 0.2) is 5.16 Å². The van der Waals surface area contributed by atoms with E-state index < -0.39 is 0 Å². The number of anilines is 1. The van der Waals surface area contributed by atoms with Gasteiger partial charge >= 0.3 is 0 Å². The highest BCUT2D eigenvalue weighted by molar-refractivity contribution is 7.99. The zero-order valence-electron chi connectivity index (χ0n) is 12.5. The molecule has 1 amide bonds. The van der Waals surface area contributed by atoms with E-state index in [2.05, 4.69) is 39.6 Å². The molecule has 0 radical (unpaired) electrons. The van der Waals surface area contributed by atoms with E-state index in [1.54, 1.807) is 0 Å². The van der Waals surface area contributed by atoms with Crippen molar-refractivity contribution in [3.8, 4) is 0 Å². The molecule has 0 saturated heterocycles. The van der Waals surface area contributed by atoms with Crippen LogP contribution in [0.25, 0.3) is 0 Å². The van der Waals surface area contributed by atoms with Crippen molar-refractivity contribution < 1.29 is 4.79 Å². The van der Waals surface area contributed by atoms with E-state index in [-0.39, 0.29) is 17.7 Å². The molecule has 7 nitrogen and oxygen atoms in total. The van der Waals surface area contributed by atoms with Gasteiger partial charge in [0.1, 0.15) is 10.8 Å². The molecule has 2 rings (SSSR count). The van der Waals surface area contributed by atoms with Crippen molar-refractivity contribution in [3.05, 3.63) is 10.8 Å². The van der Waals surface area contributed by atoms with Gasteiger partial charge in [-0.15, -0.1) is 20.4 Å². The molecule has 21 heavy (non-hydrogen) atoms. The molecule has 0 spiro atoms. The quantitative estimate of drug-likeness (QED) is 0.820. The minimum absolute atomic E-state index is 0.116. The van der Waals surface area contributed by atoms with Gasteiger partial charge < -0.3 is 4.57 Å². The largest absolute Gasteiger partial charge is 0.304 e. The van der Waals surface area contributed by atoms with Gasteiger partial charge in [0.15, 0.2) is 5.16 Å². The smallest absolute Gasteiger partial charge is 0.236 e. The summed E-state index contributed by atoms with van der Waals surface area (Å²) in [6.07, 6.45) is 0.819. The SMILES string of the molecule is CCc1nnc(NC(=O)CSc2nnc(C)n2C(C)C)s1. The molecule has 0 atom stereocenters. The molecule has 0 aliphatic heterocycles. The van der Waals surface area contributed by atoms with Crippen molar-refractivity contribution in [1.82, 2.24) is 25.0 Å². The van der Waals surface area contributed by atoms with Crippen LogP contribution in [0.5, 0.6) is 0 Å². The van der Waals surface area contributed by atoms with Crippen LogP contribution in [0.2, 0.25) is 0 Å². The van der Waals surface area contributed by atoms with Crippen LogP contribution in [0.4, 0.5) is 5.13 Å². The van der Waals surface area contributed by atoms with E-state index in [1.807, 2.05) is 18.4 Å². The molecule has 0 unspecified atom stereocenters. The van der Waals surface area contributed by atoms with Gasteiger partial charge in [0, 0.05) is 6.04 Å². The van der Waals surface area contributed by atoms with Crippen molar-refractivity contribution in [2.45, 2.75) is 45.3 Å². The topological polar surface area (TPSA) is 85.6 Å². The second-order valence-corrected chi connectivity index (χ2v) is 6.69. The number of nitrogens with one attached hydrogen (secondary N) is 1. The summed E-state index contributed by atoms with van der Waals surface area (Å²) in [7, 11) is 0. The highest BCUT2D eigenvalue weighted by Crippen LogP contribution is 2.22. The van der Waals surface area contributed by atoms with Gasteiger partial charge in [-0.3, -0.25) is 10.1 Å². The minimum Gasteiger partial charge on any atom is -0.304 e. The average molecular weight is 326 g/mol. The molecule has 0 aromatic carbocycles. The molecule has 114 valence electrons. The Morgan fingerprint density at radius 3 is 2.71 bits per heavy atom. The summed E-state index contributed by atoms with van der Waals surface area (Å²) in [5, 5.41) is 21.0. The summed E-state index contributed by atoms with van der Waals surface area (Å²) < 4.78 is 2.01. The number of thioether (sulfide) groups is 1. The first-order valence-electron chi connectivity index (χ1n) is 6.67. The number of rotatable bonds is 6. The Morgan fingerprint density at radius 1 is 1.33 bits per heavy atom. The Hall–Kier alpha value is -1.48. The Kier molecular flexibility index (Phi) is 5.29. The van der Waals surface area contributed by atoms with Gasteiger partial charge in [-0.1, -0.05) is 30.0 Å². The lowest BCUT2D eigenvalue weighted by molar-refractivity contribution is -0.113. The molecule has 0 fully saturated rings. The zero-order chi connectivity index (χ0) is 15.4. The highest BCUT2D eigenvalue weighted by Gasteiger charge is 2.14. The van der Waals surface area contributed by atoms with Crippen molar-refractivity contribution in [3.63, 3.8) is 0 Å². The number of carbonyl (C=O) groups is 1. The highest BCUT2D eigenvalue weighted by atomic mass is 32.2. The normalized spacial score (nSPS) is 11.1. The molecular formula is C12H18N6OS2. The summed E-state index contributed by atoms with van der Waals surface area (Å²) >= 11 is 2.77. The number of hydrogen-bond acceptors (Lipinski definition) is 7. The summed E-state index contributed by atoms with van der Waals surface area (Å²) in [6.45, 7) is 8.04. The molecular weight excluding hydrogens is 308 g/mol. The van der Waals surface area contributed by atoms with Crippen LogP contribution in [0, 0.1) is 6.92 Å². The van der Waals surface area contributed by atoms with Gasteiger partial charge in [-0.05, 0) is 27.2 Å². The predicted octanol–water partition coefficient (Wildman–Crippen LogP) is 2.31. The molecule has 1 N–H and O–H groups in total. The van der Waals surface area contributed by atoms with E-state index in [0.717, 1.165) is 22.4 Å². The van der Waals surface area contributed by atoms with Crippen molar-refractivity contribution in [2.24, 2.45) is 0 Å². The van der Waals surface area contributed by atoms with Gasteiger partial charge in [-0.25, -0.2) is 0 Å². The lowest BCUT2D eigenvalue weighted by atomic mass is 10.4. The second kappa shape index (κ2) is 6.99. The van der Waals surface area contributed by atoms with Crippen molar-refractivity contribution in [1.29, 1.82) is 0 Å². The van der Waals surface area contributed by atoms with Crippen molar-refractivity contribution >= 4 is 34.1 Å². The molecule has 0 saturated carbocycles. The van der Waals surface area contributed by atoms with Crippen LogP contribution in [0.1, 0.15) is 37.6 Å². The molecule has 0 bridgehead atoms. The first-order valence-corrected chi connectivity index (χ1v) is 8.48. The molecule has 2 aromatic heterocycles. The first-order chi connectivity index (χ1) is 10.0. The van der Waals surface area contributed by atoms with E-state index in [9.17, 15) is 4.79 Å². The van der Waals surface area contributed by atoms with Crippen LogP contribution in [-0.2, 0) is 11.2 Å². The number of carbonyl (C=O) groups excluding carboxylic acids is 1. The van der Waals surface area contributed by atoms with E-state index in [0.29, 0.717) is 5.13 Å². The third-order valence-corrected chi connectivity index (χ3v) is 4.63. The molecule has 0 aliphatic rings. The number of amides is 1. The third kappa shape index (κ3) is 4.01. The van der Waals surface area contributed by atoms with Crippen LogP contribution in [-0.4, -0.2) is 36.6 Å². The lowest BCUT2D eigenvalue weighted by Crippen LogP contribution is -2.15. The van der Waals surface area contributed by atoms with Crippen molar-refractivity contribution in [2.75, 3.05) is 11.1 Å². The standard InChI is InChI=1S/C12H18N6OS2/c1-5-10-15-16-11(21-10)13-9(19)6-20-12-17-14-8(4)18(12)7(2)3/h7H,5-6H2,1-4H3,(H,13,16,19). The van der Waals surface area contributed by atoms with E-state index >= 15 is 0 Å². The van der Waals surface area contributed by atoms with Crippen LogP contribution < -0.4 is 5.32 Å². The number of hydrogen-bond donors (Lipinski definition) is 1. The molecule has 2 heterocycles. The molecule has 9 heteroatoms. The number of aryl methyl sites for hydroxylation is 2. The fourth-order valence-electron chi connectivity index (χ4n) is 1.78. The maximum absolute atomic E-state index is 11.9. The summed E-state index contributed by atoms with van der Waals surface area (Å²) in [6, 6.07) is 0.265. The van der Waals surface area contributed by atoms with Crippen LogP contribution >= 0.6 is 23.1 Å². The van der Waals surface area contributed by atoms with Crippen LogP contribution in [0.3, 0.4) is 0 Å². The summed E-state index contributed by atoms with van der Waals surface area (Å²) in [5.41, 5.74) is 0. The fraction of sp³-hybridized carbons (Fsp3) is 0.583. The maximum Gasteiger partial charge on any atom is 0.236 e. The molecule has 0 aliphatic carbocycles. The first kappa shape index (κ1) is 15.9. The second-order valence-electron chi connectivity index (χ2n) is 4.68. The van der Waals surface area contributed by atoms with Gasteiger partial charge in [0.05, 0.1) is 5.75 Å². The average Bonchev–Trinajstić information content (AvgIpc) is 3.02. The number of aromatic nitrogens is 5. The summed E-state index contributed by atoms with van der Waals surface area (Å²) in [4.78, 5) is 11.9. The third-order valence-electron chi connectivity index (χ3n) is 2.70. The Labute approximate surface area is 131 Å². The Bertz CT molecular complexity index is 621. The van der Waals surface area contributed by atoms with Gasteiger partial charge in [0.2, 0.25) is 11.0 Å². The van der Waals surface area contributed by atoms with Gasteiger partial charge in [0.25, 0.3) is 0 Å². The fourth-order valence-corrected chi connectivity index (χ4v) is 3.38. The number of nitrogens with zero attached hydrogens (tertiary/aromatic N) is 5. The monoisotopic (exact) mass is 326 g/mol. The Morgan fingerprint density at radius 2 is 2.10 bits per heavy atom. The maximum atomic E-state index is 11.9. The van der Waals surface area contributed by atoms with E-state index in [4.69, 9.17) is 0 Å².